The van der Waals surface area contributed by atoms with E-state index in [9.17, 15) is 18.0 Å². The molecule has 8 nitrogen and oxygen atoms in total. The van der Waals surface area contributed by atoms with E-state index in [-0.39, 0.29) is 16.7 Å². The predicted octanol–water partition coefficient (Wildman–Crippen LogP) is 4.54. The predicted molar refractivity (Wildman–Crippen MR) is 142 cm³/mol. The van der Waals surface area contributed by atoms with Gasteiger partial charge in [-0.1, -0.05) is 48.9 Å². The molecular formula is C27H29ClN2O6S. The van der Waals surface area contributed by atoms with Crippen molar-refractivity contribution in [3.05, 3.63) is 88.9 Å². The zero-order valence-corrected chi connectivity index (χ0v) is 22.5. The molecule has 0 aliphatic carbocycles. The number of halogens is 1. The lowest BCUT2D eigenvalue weighted by molar-refractivity contribution is -0.132. The van der Waals surface area contributed by atoms with Gasteiger partial charge in [0, 0.05) is 11.6 Å². The number of carbonyl (C=O) groups excluding carboxylic acids is 2. The van der Waals surface area contributed by atoms with E-state index in [1.54, 1.807) is 48.5 Å². The molecule has 2 N–H and O–H groups in total. The van der Waals surface area contributed by atoms with Gasteiger partial charge in [-0.05, 0) is 67.8 Å². The Labute approximate surface area is 222 Å². The maximum Gasteiger partial charge on any atom is 0.277 e. The molecule has 0 saturated carbocycles. The molecule has 196 valence electrons. The van der Waals surface area contributed by atoms with Crippen molar-refractivity contribution in [2.24, 2.45) is 0 Å². The molecule has 0 spiro atoms. The molecule has 0 aromatic heterocycles. The highest BCUT2D eigenvalue weighted by atomic mass is 35.5. The Morgan fingerprint density at radius 3 is 2.27 bits per heavy atom. The van der Waals surface area contributed by atoms with Gasteiger partial charge in [0.05, 0.1) is 17.6 Å². The highest BCUT2D eigenvalue weighted by molar-refractivity contribution is 7.90. The van der Waals surface area contributed by atoms with Crippen molar-refractivity contribution in [2.45, 2.75) is 37.2 Å². The number of hydrogen-bond donors (Lipinski definition) is 2. The summed E-state index contributed by atoms with van der Waals surface area (Å²) in [6.45, 7) is 5.29. The van der Waals surface area contributed by atoms with Gasteiger partial charge in [-0.3, -0.25) is 9.59 Å². The van der Waals surface area contributed by atoms with E-state index in [0.717, 1.165) is 5.56 Å². The van der Waals surface area contributed by atoms with Crippen LogP contribution < -0.4 is 19.5 Å². The van der Waals surface area contributed by atoms with Crippen molar-refractivity contribution in [2.75, 3.05) is 13.7 Å². The van der Waals surface area contributed by atoms with Crippen LogP contribution in [0.3, 0.4) is 0 Å². The van der Waals surface area contributed by atoms with Crippen LogP contribution in [0.5, 0.6) is 11.5 Å². The third-order valence-electron chi connectivity index (χ3n) is 5.62. The number of sulfonamides is 1. The topological polar surface area (TPSA) is 111 Å². The largest absolute Gasteiger partial charge is 0.496 e. The number of carbonyl (C=O) groups is 2. The number of benzene rings is 3. The van der Waals surface area contributed by atoms with E-state index in [2.05, 4.69) is 10.0 Å². The number of methoxy groups -OCH3 is 1. The number of nitrogens with one attached hydrogen (secondary N) is 2. The second-order valence-electron chi connectivity index (χ2n) is 8.88. The summed E-state index contributed by atoms with van der Waals surface area (Å²) >= 11 is 6.01. The molecule has 0 fully saturated rings. The molecule has 0 radical (unpaired) electrons. The summed E-state index contributed by atoms with van der Waals surface area (Å²) in [4.78, 5) is 25.3. The molecule has 3 aromatic carbocycles. The lowest BCUT2D eigenvalue weighted by Crippen LogP contribution is -2.48. The maximum absolute atomic E-state index is 12.7. The van der Waals surface area contributed by atoms with Gasteiger partial charge in [0.1, 0.15) is 11.5 Å². The first kappa shape index (κ1) is 28.0. The number of rotatable bonds is 10. The molecule has 0 aliphatic heterocycles. The minimum Gasteiger partial charge on any atom is -0.496 e. The zero-order valence-electron chi connectivity index (χ0n) is 20.9. The van der Waals surface area contributed by atoms with Crippen molar-refractivity contribution in [1.82, 2.24) is 10.0 Å². The molecule has 0 saturated heterocycles. The van der Waals surface area contributed by atoms with E-state index >= 15 is 0 Å². The minimum atomic E-state index is -4.02. The summed E-state index contributed by atoms with van der Waals surface area (Å²) in [5, 5.41) is 3.32. The van der Waals surface area contributed by atoms with Gasteiger partial charge < -0.3 is 14.8 Å². The van der Waals surface area contributed by atoms with E-state index in [1.807, 2.05) is 19.1 Å². The number of amides is 2. The van der Waals surface area contributed by atoms with Crippen LogP contribution in [0.2, 0.25) is 5.02 Å². The van der Waals surface area contributed by atoms with Crippen LogP contribution in [0, 0.1) is 0 Å². The summed E-state index contributed by atoms with van der Waals surface area (Å²) in [6.07, 6.45) is 0. The second-order valence-corrected chi connectivity index (χ2v) is 11.0. The van der Waals surface area contributed by atoms with Crippen molar-refractivity contribution in [1.29, 1.82) is 0 Å². The molecule has 1 atom stereocenters. The van der Waals surface area contributed by atoms with E-state index in [0.29, 0.717) is 28.6 Å². The fourth-order valence-electron chi connectivity index (χ4n) is 3.43. The molecule has 2 amide bonds. The average molecular weight is 545 g/mol. The smallest absolute Gasteiger partial charge is 0.277 e. The van der Waals surface area contributed by atoms with Crippen molar-refractivity contribution in [3.63, 3.8) is 0 Å². The average Bonchev–Trinajstić information content (AvgIpc) is 2.87. The fraction of sp³-hybridized carbons (Fsp3) is 0.259. The van der Waals surface area contributed by atoms with Gasteiger partial charge in [-0.25, -0.2) is 13.1 Å². The van der Waals surface area contributed by atoms with Crippen LogP contribution in [0.1, 0.15) is 42.6 Å². The Hall–Kier alpha value is -3.56. The van der Waals surface area contributed by atoms with E-state index < -0.39 is 21.5 Å². The Balaban J connectivity index is 1.60. The molecule has 10 heteroatoms. The van der Waals surface area contributed by atoms with Crippen molar-refractivity contribution in [3.8, 4) is 11.5 Å². The first-order valence-electron chi connectivity index (χ1n) is 11.5. The van der Waals surface area contributed by atoms with Crippen LogP contribution >= 0.6 is 11.6 Å². The van der Waals surface area contributed by atoms with E-state index in [1.165, 1.54) is 33.1 Å². The lowest BCUT2D eigenvalue weighted by Gasteiger charge is -2.25. The quantitative estimate of drug-likeness (QED) is 0.387. The standard InChI is InChI=1S/C27H29ClN2O6S/c1-18(17-29-25(31)23-16-20(28)12-15-24(23)35-4)19-10-13-21(14-11-19)36-27(2,3)26(32)30-37(33,34)22-8-6-5-7-9-22/h5-16,18H,17H2,1-4H3,(H,29,31)(H,30,32). The Morgan fingerprint density at radius 2 is 1.65 bits per heavy atom. The Kier molecular flexibility index (Phi) is 8.83. The van der Waals surface area contributed by atoms with Crippen LogP contribution in [0.15, 0.2) is 77.7 Å². The first-order chi connectivity index (χ1) is 17.4. The van der Waals surface area contributed by atoms with Gasteiger partial charge in [0.2, 0.25) is 0 Å². The SMILES string of the molecule is COc1ccc(Cl)cc1C(=O)NCC(C)c1ccc(OC(C)(C)C(=O)NS(=O)(=O)c2ccccc2)cc1. The van der Waals surface area contributed by atoms with Gasteiger partial charge in [0.15, 0.2) is 5.60 Å². The Morgan fingerprint density at radius 1 is 1.00 bits per heavy atom. The number of ether oxygens (including phenoxy) is 2. The van der Waals surface area contributed by atoms with Crippen LogP contribution in [-0.4, -0.2) is 39.5 Å². The van der Waals surface area contributed by atoms with Gasteiger partial charge in [0.25, 0.3) is 21.8 Å². The molecule has 0 bridgehead atoms. The molecule has 0 aliphatic rings. The van der Waals surface area contributed by atoms with Gasteiger partial charge >= 0.3 is 0 Å². The monoisotopic (exact) mass is 544 g/mol. The van der Waals surface area contributed by atoms with Crippen LogP contribution in [-0.2, 0) is 14.8 Å². The normalized spacial score (nSPS) is 12.4. The molecule has 37 heavy (non-hydrogen) atoms. The maximum atomic E-state index is 12.7. The summed E-state index contributed by atoms with van der Waals surface area (Å²) in [6, 6.07) is 19.5. The van der Waals surface area contributed by atoms with Gasteiger partial charge in [-0.15, -0.1) is 0 Å². The third-order valence-corrected chi connectivity index (χ3v) is 7.21. The van der Waals surface area contributed by atoms with Crippen LogP contribution in [0.4, 0.5) is 0 Å². The fourth-order valence-corrected chi connectivity index (χ4v) is 4.72. The summed E-state index contributed by atoms with van der Waals surface area (Å²) in [5.41, 5.74) is -0.181. The molecule has 3 rings (SSSR count). The first-order valence-corrected chi connectivity index (χ1v) is 13.3. The highest BCUT2D eigenvalue weighted by Crippen LogP contribution is 2.25. The highest BCUT2D eigenvalue weighted by Gasteiger charge is 2.33. The lowest BCUT2D eigenvalue weighted by atomic mass is 10.0. The van der Waals surface area contributed by atoms with Crippen molar-refractivity contribution >= 4 is 33.4 Å². The summed E-state index contributed by atoms with van der Waals surface area (Å²) in [5.74, 6) is -0.312. The third kappa shape index (κ3) is 7.24. The zero-order chi connectivity index (χ0) is 27.2. The summed E-state index contributed by atoms with van der Waals surface area (Å²) < 4.78 is 38.1. The molecule has 1 unspecified atom stereocenters. The minimum absolute atomic E-state index is 0.0154. The number of hydrogen-bond acceptors (Lipinski definition) is 6. The second kappa shape index (κ2) is 11.7. The van der Waals surface area contributed by atoms with Crippen LogP contribution in [0.25, 0.3) is 0 Å². The van der Waals surface area contributed by atoms with Gasteiger partial charge in [-0.2, -0.15) is 0 Å². The molecule has 0 heterocycles. The van der Waals surface area contributed by atoms with E-state index in [4.69, 9.17) is 21.1 Å². The van der Waals surface area contributed by atoms with Crippen molar-refractivity contribution < 1.29 is 27.5 Å². The Bertz CT molecular complexity index is 1360. The molecular weight excluding hydrogens is 516 g/mol. The summed E-state index contributed by atoms with van der Waals surface area (Å²) in [7, 11) is -2.54. The molecule has 3 aromatic rings.